The lowest BCUT2D eigenvalue weighted by Gasteiger charge is -2.27. The van der Waals surface area contributed by atoms with Crippen molar-refractivity contribution in [2.24, 2.45) is 22.2 Å². The number of amides is 6. The van der Waals surface area contributed by atoms with Gasteiger partial charge in [-0.2, -0.15) is 12.6 Å². The van der Waals surface area contributed by atoms with Gasteiger partial charge in [-0.3, -0.25) is 43.3 Å². The van der Waals surface area contributed by atoms with E-state index in [1.165, 1.54) is 0 Å². The Balaban J connectivity index is 2.33. The predicted molar refractivity (Wildman–Crippen MR) is 226 cm³/mol. The third-order valence-electron chi connectivity index (χ3n) is 9.54. The van der Waals surface area contributed by atoms with Gasteiger partial charge in [-0.05, 0) is 70.0 Å². The fourth-order valence-electron chi connectivity index (χ4n) is 6.24. The fraction of sp³-hybridized carbons (Fsp3) is 0.579. The molecular formula is C38H59N11O12S. The highest BCUT2D eigenvalue weighted by molar-refractivity contribution is 7.80. The molecule has 1 heterocycles. The fourth-order valence-corrected chi connectivity index (χ4v) is 6.50. The van der Waals surface area contributed by atoms with Gasteiger partial charge in [0.15, 0.2) is 5.96 Å². The molecule has 0 bridgehead atoms. The molecule has 0 radical (unpaired) electrons. The zero-order valence-corrected chi connectivity index (χ0v) is 35.1. The highest BCUT2D eigenvalue weighted by Crippen LogP contribution is 2.10. The molecule has 1 aromatic carbocycles. The molecule has 0 aliphatic carbocycles. The molecule has 7 atom stereocenters. The van der Waals surface area contributed by atoms with Gasteiger partial charge in [0.2, 0.25) is 35.4 Å². The molecule has 2 rings (SSSR count). The van der Waals surface area contributed by atoms with Gasteiger partial charge in [0.25, 0.3) is 0 Å². The largest absolute Gasteiger partial charge is 0.481 e. The zero-order chi connectivity index (χ0) is 46.2. The number of nitrogens with zero attached hydrogens (tertiary/aromatic N) is 1. The SMILES string of the molecule is NCCCC[C@H](NC(=O)[C@H](CS)NC(=O)[C@@H]1CCCN1)C(=O)N[C@@H](CC(=O)O)C(=O)N[C@@H](CCC(=O)O)C(=O)N[C@@H](CCCN=C(N)N)C(=O)N[C@@H](Cc1ccccc1)C(=O)O. The first-order chi connectivity index (χ1) is 29.4. The number of thiol groups is 1. The number of guanidine groups is 1. The van der Waals surface area contributed by atoms with E-state index in [9.17, 15) is 58.5 Å². The quantitative estimate of drug-likeness (QED) is 0.0160. The van der Waals surface area contributed by atoms with Gasteiger partial charge in [-0.15, -0.1) is 0 Å². The average Bonchev–Trinajstić information content (AvgIpc) is 3.77. The first-order valence-corrected chi connectivity index (χ1v) is 20.7. The third-order valence-corrected chi connectivity index (χ3v) is 9.90. The number of rotatable bonds is 29. The molecule has 1 aliphatic rings. The number of nitrogens with two attached hydrogens (primary N) is 3. The number of hydrogen-bond donors (Lipinski definition) is 14. The van der Waals surface area contributed by atoms with Crippen LogP contribution < -0.4 is 54.4 Å². The molecule has 0 saturated carbocycles. The van der Waals surface area contributed by atoms with Crippen molar-refractivity contribution < 1.29 is 58.5 Å². The van der Waals surface area contributed by atoms with Crippen LogP contribution in [0.5, 0.6) is 0 Å². The Morgan fingerprint density at radius 3 is 1.73 bits per heavy atom. The van der Waals surface area contributed by atoms with Crippen LogP contribution in [0.4, 0.5) is 0 Å². The predicted octanol–water partition coefficient (Wildman–Crippen LogP) is -3.57. The van der Waals surface area contributed by atoms with E-state index in [2.05, 4.69) is 54.8 Å². The molecule has 23 nitrogen and oxygen atoms in total. The van der Waals surface area contributed by atoms with E-state index in [1.807, 2.05) is 0 Å². The minimum atomic E-state index is -1.88. The minimum Gasteiger partial charge on any atom is -0.481 e. The number of carbonyl (C=O) groups is 9. The maximum Gasteiger partial charge on any atom is 0.326 e. The van der Waals surface area contributed by atoms with Gasteiger partial charge < -0.3 is 69.7 Å². The van der Waals surface area contributed by atoms with Crippen molar-refractivity contribution in [2.75, 3.05) is 25.4 Å². The Labute approximate surface area is 363 Å². The van der Waals surface area contributed by atoms with Gasteiger partial charge in [-0.25, -0.2) is 4.79 Å². The Kier molecular flexibility index (Phi) is 23.3. The van der Waals surface area contributed by atoms with Crippen LogP contribution in [0, 0.1) is 0 Å². The number of hydrogen-bond acceptors (Lipinski definition) is 13. The first-order valence-electron chi connectivity index (χ1n) is 20.1. The highest BCUT2D eigenvalue weighted by atomic mass is 32.1. The van der Waals surface area contributed by atoms with Gasteiger partial charge >= 0.3 is 17.9 Å². The lowest BCUT2D eigenvalue weighted by molar-refractivity contribution is -0.142. The number of carbonyl (C=O) groups excluding carboxylic acids is 6. The summed E-state index contributed by atoms with van der Waals surface area (Å²) in [5.41, 5.74) is 17.0. The van der Waals surface area contributed by atoms with E-state index in [1.54, 1.807) is 30.3 Å². The molecule has 1 fully saturated rings. The Morgan fingerprint density at radius 1 is 0.694 bits per heavy atom. The molecule has 0 spiro atoms. The van der Waals surface area contributed by atoms with E-state index < -0.39 is 115 Å². The van der Waals surface area contributed by atoms with Crippen LogP contribution in [0.2, 0.25) is 0 Å². The van der Waals surface area contributed by atoms with Crippen molar-refractivity contribution in [3.8, 4) is 0 Å². The molecule has 0 aromatic heterocycles. The van der Waals surface area contributed by atoms with Crippen LogP contribution in [-0.4, -0.2) is 142 Å². The molecule has 6 amide bonds. The van der Waals surface area contributed by atoms with Crippen LogP contribution >= 0.6 is 12.6 Å². The van der Waals surface area contributed by atoms with Crippen molar-refractivity contribution >= 4 is 71.9 Å². The van der Waals surface area contributed by atoms with Crippen LogP contribution in [0.3, 0.4) is 0 Å². The Hall–Kier alpha value is -6.01. The van der Waals surface area contributed by atoms with Crippen molar-refractivity contribution in [1.82, 2.24) is 37.2 Å². The second-order valence-electron chi connectivity index (χ2n) is 14.5. The van der Waals surface area contributed by atoms with E-state index in [0.717, 1.165) is 6.42 Å². The van der Waals surface area contributed by atoms with Crippen molar-refractivity contribution in [3.63, 3.8) is 0 Å². The number of aliphatic carboxylic acids is 3. The maximum absolute atomic E-state index is 13.8. The van der Waals surface area contributed by atoms with E-state index in [-0.39, 0.29) is 50.5 Å². The summed E-state index contributed by atoms with van der Waals surface area (Å²) in [4.78, 5) is 120. The third kappa shape index (κ3) is 19.6. The molecule has 0 unspecified atom stereocenters. The summed E-state index contributed by atoms with van der Waals surface area (Å²) >= 11 is 4.17. The van der Waals surface area contributed by atoms with Gasteiger partial charge in [0.1, 0.15) is 36.3 Å². The molecule has 344 valence electrons. The number of nitrogens with one attached hydrogen (secondary N) is 7. The van der Waals surface area contributed by atoms with Crippen molar-refractivity contribution in [3.05, 3.63) is 35.9 Å². The summed E-state index contributed by atoms with van der Waals surface area (Å²) in [6.45, 7) is 0.863. The standard InChI is InChI=1S/C38H59N11O12S/c39-15-5-4-10-23(45-36(59)28(20-62)49-31(54)22-11-6-16-42-22)32(55)47-26(19-30(52)53)35(58)46-25(13-14-29(50)51)34(57)44-24(12-7-17-43-38(40)41)33(56)48-27(37(60)61)18-21-8-2-1-3-9-21/h1-3,8-9,22-28,42,62H,4-7,10-20,39H2,(H,44,57)(H,45,59)(H,46,58)(H,47,55)(H,48,56)(H,49,54)(H,50,51)(H,52,53)(H,60,61)(H4,40,41,43)/t22-,23-,24-,25-,26-,27-,28-/m0/s1. The van der Waals surface area contributed by atoms with E-state index in [0.29, 0.717) is 31.4 Å². The number of unbranched alkanes of at least 4 members (excludes halogenated alkanes) is 1. The number of carboxylic acid groups (broad SMARTS) is 3. The highest BCUT2D eigenvalue weighted by Gasteiger charge is 2.35. The molecule has 24 heteroatoms. The van der Waals surface area contributed by atoms with Crippen LogP contribution in [0.15, 0.2) is 35.3 Å². The Bertz CT molecular complexity index is 1730. The summed E-state index contributed by atoms with van der Waals surface area (Å²) in [6.07, 6.45) is -0.425. The lowest BCUT2D eigenvalue weighted by Crippen LogP contribution is -2.60. The second kappa shape index (κ2) is 27.8. The van der Waals surface area contributed by atoms with Crippen molar-refractivity contribution in [2.45, 2.75) is 113 Å². The second-order valence-corrected chi connectivity index (χ2v) is 14.9. The lowest BCUT2D eigenvalue weighted by atomic mass is 10.0. The molecule has 62 heavy (non-hydrogen) atoms. The first kappa shape index (κ1) is 52.1. The number of carboxylic acids is 3. The van der Waals surface area contributed by atoms with Crippen LogP contribution in [0.1, 0.15) is 69.8 Å². The smallest absolute Gasteiger partial charge is 0.326 e. The minimum absolute atomic E-state index is 0.000343. The number of benzene rings is 1. The van der Waals surface area contributed by atoms with Crippen LogP contribution in [-0.2, 0) is 49.6 Å². The average molecular weight is 894 g/mol. The monoisotopic (exact) mass is 893 g/mol. The van der Waals surface area contributed by atoms with Gasteiger partial charge in [0.05, 0.1) is 12.5 Å². The van der Waals surface area contributed by atoms with Gasteiger partial charge in [-0.1, -0.05) is 30.3 Å². The summed E-state index contributed by atoms with van der Waals surface area (Å²) in [6, 6.07) is -1.17. The van der Waals surface area contributed by atoms with E-state index in [4.69, 9.17) is 17.2 Å². The summed E-state index contributed by atoms with van der Waals surface area (Å²) in [5, 5.41) is 46.5. The maximum atomic E-state index is 13.8. The Morgan fingerprint density at radius 2 is 1.23 bits per heavy atom. The zero-order valence-electron chi connectivity index (χ0n) is 34.2. The molecular weight excluding hydrogens is 835 g/mol. The summed E-state index contributed by atoms with van der Waals surface area (Å²) in [7, 11) is 0. The molecule has 1 saturated heterocycles. The normalized spacial score (nSPS) is 16.1. The topological polar surface area (TPSA) is 389 Å². The summed E-state index contributed by atoms with van der Waals surface area (Å²) < 4.78 is 0. The van der Waals surface area contributed by atoms with Crippen LogP contribution in [0.25, 0.3) is 0 Å². The summed E-state index contributed by atoms with van der Waals surface area (Å²) in [5.74, 6) is -10.2. The number of aliphatic imine (C=N–C) groups is 1. The van der Waals surface area contributed by atoms with E-state index >= 15 is 0 Å². The molecule has 1 aromatic rings. The molecule has 1 aliphatic heterocycles. The molecule has 16 N–H and O–H groups in total. The van der Waals surface area contributed by atoms with Gasteiger partial charge in [0, 0.05) is 25.1 Å². The van der Waals surface area contributed by atoms with Crippen molar-refractivity contribution in [1.29, 1.82) is 0 Å².